The lowest BCUT2D eigenvalue weighted by atomic mass is 9.95. The van der Waals surface area contributed by atoms with Crippen LogP contribution in [0.15, 0.2) is 17.5 Å². The second kappa shape index (κ2) is 8.27. The van der Waals surface area contributed by atoms with E-state index in [9.17, 15) is 14.7 Å². The fourth-order valence-electron chi connectivity index (χ4n) is 3.05. The Labute approximate surface area is 151 Å². The predicted molar refractivity (Wildman–Crippen MR) is 94.2 cm³/mol. The molecule has 2 heterocycles. The van der Waals surface area contributed by atoms with E-state index in [1.165, 1.54) is 11.3 Å². The van der Waals surface area contributed by atoms with E-state index in [1.807, 2.05) is 17.5 Å². The maximum Gasteiger partial charge on any atom is 0.309 e. The number of nitrogens with zero attached hydrogens (tertiary/aromatic N) is 1. The summed E-state index contributed by atoms with van der Waals surface area (Å²) in [5.41, 5.74) is -1.07. The van der Waals surface area contributed by atoms with Gasteiger partial charge in [0.25, 0.3) is 0 Å². The van der Waals surface area contributed by atoms with Gasteiger partial charge in [0.2, 0.25) is 0 Å². The molecule has 8 heteroatoms. The standard InChI is InChI=1S/C17H25N3O4S/c21-15(18-5-6-20-7-9-24-10-8-20)16(22)19-12-17(23,13-3-4-13)14-2-1-11-25-14/h1-2,11,13,23H,3-10,12H2,(H,18,21)(H,19,22). The Hall–Kier alpha value is -1.48. The van der Waals surface area contributed by atoms with Gasteiger partial charge in [-0.2, -0.15) is 0 Å². The predicted octanol–water partition coefficient (Wildman–Crippen LogP) is -0.0897. The van der Waals surface area contributed by atoms with E-state index in [-0.39, 0.29) is 12.5 Å². The number of rotatable bonds is 7. The molecule has 1 saturated carbocycles. The number of amides is 2. The molecule has 7 nitrogen and oxygen atoms in total. The quantitative estimate of drug-likeness (QED) is 0.586. The van der Waals surface area contributed by atoms with Crippen LogP contribution in [0.5, 0.6) is 0 Å². The number of aliphatic hydroxyl groups is 1. The zero-order valence-electron chi connectivity index (χ0n) is 14.2. The molecule has 1 unspecified atom stereocenters. The molecule has 138 valence electrons. The minimum atomic E-state index is -1.07. The molecule has 2 fully saturated rings. The van der Waals surface area contributed by atoms with Gasteiger partial charge in [0.05, 0.1) is 19.8 Å². The SMILES string of the molecule is O=C(NCCN1CCOCC1)C(=O)NCC(O)(c1cccs1)C1CC1. The van der Waals surface area contributed by atoms with Crippen LogP contribution in [0.4, 0.5) is 0 Å². The summed E-state index contributed by atoms with van der Waals surface area (Å²) in [5, 5.41) is 18.1. The molecule has 1 atom stereocenters. The van der Waals surface area contributed by atoms with Gasteiger partial charge in [0.15, 0.2) is 0 Å². The molecule has 0 bridgehead atoms. The Morgan fingerprint density at radius 1 is 1.28 bits per heavy atom. The highest BCUT2D eigenvalue weighted by molar-refractivity contribution is 7.10. The molecule has 1 aliphatic carbocycles. The molecule has 0 spiro atoms. The number of carbonyl (C=O) groups is 2. The van der Waals surface area contributed by atoms with Crippen molar-refractivity contribution in [2.45, 2.75) is 18.4 Å². The van der Waals surface area contributed by atoms with Crippen molar-refractivity contribution in [3.05, 3.63) is 22.4 Å². The third-order valence-corrected chi connectivity index (χ3v) is 5.78. The molecular weight excluding hydrogens is 342 g/mol. The minimum absolute atomic E-state index is 0.0634. The number of hydrogen-bond donors (Lipinski definition) is 3. The summed E-state index contributed by atoms with van der Waals surface area (Å²) >= 11 is 1.47. The van der Waals surface area contributed by atoms with Crippen LogP contribution in [0.1, 0.15) is 17.7 Å². The Balaban J connectivity index is 1.42. The van der Waals surface area contributed by atoms with Crippen LogP contribution < -0.4 is 10.6 Å². The van der Waals surface area contributed by atoms with Crippen molar-refractivity contribution in [1.29, 1.82) is 0 Å². The fraction of sp³-hybridized carbons (Fsp3) is 0.647. The van der Waals surface area contributed by atoms with Crippen molar-refractivity contribution in [3.8, 4) is 0 Å². The summed E-state index contributed by atoms with van der Waals surface area (Å²) in [7, 11) is 0. The zero-order chi connectivity index (χ0) is 17.7. The maximum atomic E-state index is 12.0. The van der Waals surface area contributed by atoms with Crippen molar-refractivity contribution < 1.29 is 19.4 Å². The molecule has 0 aromatic carbocycles. The lowest BCUT2D eigenvalue weighted by molar-refractivity contribution is -0.140. The second-order valence-electron chi connectivity index (χ2n) is 6.57. The first-order chi connectivity index (χ1) is 12.1. The molecule has 1 saturated heterocycles. The highest BCUT2D eigenvalue weighted by Crippen LogP contribution is 2.46. The Morgan fingerprint density at radius 3 is 2.64 bits per heavy atom. The highest BCUT2D eigenvalue weighted by Gasteiger charge is 2.46. The van der Waals surface area contributed by atoms with Gasteiger partial charge in [0.1, 0.15) is 5.60 Å². The van der Waals surface area contributed by atoms with E-state index in [0.717, 1.165) is 30.8 Å². The molecule has 3 rings (SSSR count). The largest absolute Gasteiger partial charge is 0.382 e. The fourth-order valence-corrected chi connectivity index (χ4v) is 3.95. The van der Waals surface area contributed by atoms with Gasteiger partial charge in [-0.05, 0) is 30.2 Å². The van der Waals surface area contributed by atoms with E-state index >= 15 is 0 Å². The maximum absolute atomic E-state index is 12.0. The third-order valence-electron chi connectivity index (χ3n) is 4.74. The van der Waals surface area contributed by atoms with E-state index in [4.69, 9.17) is 4.74 Å². The highest BCUT2D eigenvalue weighted by atomic mass is 32.1. The van der Waals surface area contributed by atoms with E-state index < -0.39 is 17.4 Å². The summed E-state index contributed by atoms with van der Waals surface area (Å²) in [5.74, 6) is -1.20. The first-order valence-corrected chi connectivity index (χ1v) is 9.60. The van der Waals surface area contributed by atoms with Gasteiger partial charge in [-0.15, -0.1) is 11.3 Å². The van der Waals surface area contributed by atoms with Crippen molar-refractivity contribution in [3.63, 3.8) is 0 Å². The van der Waals surface area contributed by atoms with E-state index in [0.29, 0.717) is 26.3 Å². The number of morpholine rings is 1. The average Bonchev–Trinajstić information content (AvgIpc) is 3.35. The number of ether oxygens (including phenoxy) is 1. The summed E-state index contributed by atoms with van der Waals surface area (Å²) in [6, 6.07) is 3.76. The second-order valence-corrected chi connectivity index (χ2v) is 7.52. The monoisotopic (exact) mass is 367 g/mol. The van der Waals surface area contributed by atoms with Gasteiger partial charge >= 0.3 is 11.8 Å². The Bertz CT molecular complexity index is 585. The number of carbonyl (C=O) groups excluding carboxylic acids is 2. The zero-order valence-corrected chi connectivity index (χ0v) is 15.0. The molecule has 1 aromatic heterocycles. The Kier molecular flexibility index (Phi) is 6.06. The molecule has 2 aliphatic rings. The summed E-state index contributed by atoms with van der Waals surface area (Å²) in [6.45, 7) is 4.28. The Morgan fingerprint density at radius 2 is 2.00 bits per heavy atom. The van der Waals surface area contributed by atoms with Crippen LogP contribution in [0.2, 0.25) is 0 Å². The first kappa shape index (κ1) is 18.3. The van der Waals surface area contributed by atoms with Crippen molar-refractivity contribution >= 4 is 23.2 Å². The summed E-state index contributed by atoms with van der Waals surface area (Å²) < 4.78 is 5.27. The smallest absolute Gasteiger partial charge is 0.309 e. The normalized spacial score (nSPS) is 20.7. The van der Waals surface area contributed by atoms with Crippen LogP contribution >= 0.6 is 11.3 Å². The summed E-state index contributed by atoms with van der Waals surface area (Å²) in [4.78, 5) is 27.0. The van der Waals surface area contributed by atoms with Crippen LogP contribution in [-0.2, 0) is 19.9 Å². The molecule has 0 radical (unpaired) electrons. The topological polar surface area (TPSA) is 90.9 Å². The molecule has 1 aromatic rings. The molecule has 1 aliphatic heterocycles. The van der Waals surface area contributed by atoms with Crippen molar-refractivity contribution in [1.82, 2.24) is 15.5 Å². The lowest BCUT2D eigenvalue weighted by Gasteiger charge is -2.27. The van der Waals surface area contributed by atoms with Crippen LogP contribution in [0.25, 0.3) is 0 Å². The van der Waals surface area contributed by atoms with Crippen molar-refractivity contribution in [2.24, 2.45) is 5.92 Å². The first-order valence-electron chi connectivity index (χ1n) is 8.72. The van der Waals surface area contributed by atoms with Crippen LogP contribution in [0.3, 0.4) is 0 Å². The van der Waals surface area contributed by atoms with Crippen LogP contribution in [-0.4, -0.2) is 67.8 Å². The number of hydrogen-bond acceptors (Lipinski definition) is 6. The number of thiophene rings is 1. The average molecular weight is 367 g/mol. The molecule has 25 heavy (non-hydrogen) atoms. The van der Waals surface area contributed by atoms with Gasteiger partial charge < -0.3 is 20.5 Å². The van der Waals surface area contributed by atoms with Gasteiger partial charge in [-0.25, -0.2) is 0 Å². The van der Waals surface area contributed by atoms with E-state index in [2.05, 4.69) is 15.5 Å². The molecule has 3 N–H and O–H groups in total. The van der Waals surface area contributed by atoms with Gasteiger partial charge in [0, 0.05) is 31.1 Å². The van der Waals surface area contributed by atoms with Gasteiger partial charge in [-0.1, -0.05) is 6.07 Å². The third kappa shape index (κ3) is 4.78. The van der Waals surface area contributed by atoms with Gasteiger partial charge in [-0.3, -0.25) is 14.5 Å². The van der Waals surface area contributed by atoms with Crippen LogP contribution in [0, 0.1) is 5.92 Å². The van der Waals surface area contributed by atoms with Crippen molar-refractivity contribution in [2.75, 3.05) is 45.9 Å². The number of nitrogens with one attached hydrogen (secondary N) is 2. The molecular formula is C17H25N3O4S. The minimum Gasteiger partial charge on any atom is -0.382 e. The van der Waals surface area contributed by atoms with E-state index in [1.54, 1.807) is 0 Å². The lowest BCUT2D eigenvalue weighted by Crippen LogP contribution is -2.48. The molecule has 2 amide bonds. The summed E-state index contributed by atoms with van der Waals surface area (Å²) in [6.07, 6.45) is 1.88.